The number of carbonyl (C=O) groups is 1. The molecule has 1 amide bonds. The van der Waals surface area contributed by atoms with Gasteiger partial charge < -0.3 is 16.2 Å². The Bertz CT molecular complexity index is 644. The number of pyridine rings is 1. The molecule has 0 spiro atoms. The first-order valence-electron chi connectivity index (χ1n) is 5.49. The zero-order valence-electron chi connectivity index (χ0n) is 10.1. The minimum Gasteiger partial charge on any atom is -0.505 e. The van der Waals surface area contributed by atoms with Crippen molar-refractivity contribution in [3.8, 4) is 5.75 Å². The Hall–Kier alpha value is -2.08. The fourth-order valence-corrected chi connectivity index (χ4v) is 2.11. The van der Waals surface area contributed by atoms with Gasteiger partial charge in [-0.2, -0.15) is 0 Å². The minimum atomic E-state index is -0.427. The minimum absolute atomic E-state index is 0.154. The van der Waals surface area contributed by atoms with Gasteiger partial charge in [0.15, 0.2) is 0 Å². The van der Waals surface area contributed by atoms with Crippen LogP contribution in [0.15, 0.2) is 35.1 Å². The molecular weight excluding hydrogens is 310 g/mol. The van der Waals surface area contributed by atoms with Crippen LogP contribution in [-0.2, 0) is 0 Å². The lowest BCUT2D eigenvalue weighted by atomic mass is 10.1. The van der Waals surface area contributed by atoms with Crippen LogP contribution < -0.4 is 11.1 Å². The van der Waals surface area contributed by atoms with E-state index in [-0.39, 0.29) is 11.3 Å². The molecule has 0 aliphatic heterocycles. The Kier molecular flexibility index (Phi) is 3.71. The zero-order chi connectivity index (χ0) is 14.0. The molecule has 0 atom stereocenters. The number of benzene rings is 1. The summed E-state index contributed by atoms with van der Waals surface area (Å²) >= 11 is 3.36. The van der Waals surface area contributed by atoms with Gasteiger partial charge in [0.2, 0.25) is 0 Å². The number of nitrogens with zero attached hydrogens (tertiary/aromatic N) is 1. The number of hydrogen-bond acceptors (Lipinski definition) is 4. The summed E-state index contributed by atoms with van der Waals surface area (Å²) in [6.07, 6.45) is 2.65. The summed E-state index contributed by atoms with van der Waals surface area (Å²) < 4.78 is 0.723. The third-order valence-electron chi connectivity index (χ3n) is 2.65. The Balaban J connectivity index is 2.30. The molecule has 5 nitrogen and oxygen atoms in total. The van der Waals surface area contributed by atoms with E-state index >= 15 is 0 Å². The number of nitrogen functional groups attached to an aromatic ring is 1. The molecule has 19 heavy (non-hydrogen) atoms. The monoisotopic (exact) mass is 321 g/mol. The summed E-state index contributed by atoms with van der Waals surface area (Å²) in [4.78, 5) is 15.7. The molecule has 0 saturated heterocycles. The number of nitrogens with one attached hydrogen (secondary N) is 1. The number of halogens is 1. The lowest BCUT2D eigenvalue weighted by Gasteiger charge is -2.10. The smallest absolute Gasteiger partial charge is 0.259 e. The molecule has 0 saturated carbocycles. The van der Waals surface area contributed by atoms with Gasteiger partial charge in [0.25, 0.3) is 5.91 Å². The molecule has 1 aromatic carbocycles. The van der Waals surface area contributed by atoms with E-state index in [9.17, 15) is 9.90 Å². The van der Waals surface area contributed by atoms with E-state index in [1.54, 1.807) is 6.07 Å². The van der Waals surface area contributed by atoms with Crippen molar-refractivity contribution >= 4 is 33.2 Å². The van der Waals surface area contributed by atoms with Gasteiger partial charge in [-0.15, -0.1) is 0 Å². The van der Waals surface area contributed by atoms with Gasteiger partial charge in [-0.05, 0) is 46.6 Å². The topological polar surface area (TPSA) is 88.2 Å². The second kappa shape index (κ2) is 5.27. The normalized spacial score (nSPS) is 10.2. The van der Waals surface area contributed by atoms with Crippen LogP contribution in [0.5, 0.6) is 5.75 Å². The number of aryl methyl sites for hydroxylation is 1. The molecule has 0 fully saturated rings. The third-order valence-corrected chi connectivity index (χ3v) is 3.30. The third kappa shape index (κ3) is 2.85. The van der Waals surface area contributed by atoms with E-state index in [1.165, 1.54) is 18.5 Å². The SMILES string of the molecule is Cc1cc(Br)c(NC(=O)c2ccncc2O)cc1N. The zero-order valence-corrected chi connectivity index (χ0v) is 11.7. The number of aromatic hydroxyl groups is 1. The molecule has 2 aromatic rings. The maximum Gasteiger partial charge on any atom is 0.259 e. The van der Waals surface area contributed by atoms with E-state index < -0.39 is 5.91 Å². The van der Waals surface area contributed by atoms with Gasteiger partial charge in [-0.1, -0.05) is 0 Å². The van der Waals surface area contributed by atoms with Crippen molar-refractivity contribution in [2.24, 2.45) is 0 Å². The van der Waals surface area contributed by atoms with E-state index in [0.29, 0.717) is 11.4 Å². The number of carbonyl (C=O) groups excluding carboxylic acids is 1. The van der Waals surface area contributed by atoms with Crippen molar-refractivity contribution in [3.05, 3.63) is 46.2 Å². The van der Waals surface area contributed by atoms with E-state index in [0.717, 1.165) is 10.0 Å². The first kappa shape index (κ1) is 13.4. The van der Waals surface area contributed by atoms with Crippen molar-refractivity contribution in [1.29, 1.82) is 0 Å². The Morgan fingerprint density at radius 2 is 2.21 bits per heavy atom. The number of rotatable bonds is 2. The molecule has 1 aromatic heterocycles. The van der Waals surface area contributed by atoms with Gasteiger partial charge >= 0.3 is 0 Å². The van der Waals surface area contributed by atoms with Crippen LogP contribution in [0.1, 0.15) is 15.9 Å². The molecule has 2 rings (SSSR count). The van der Waals surface area contributed by atoms with Crippen LogP contribution in [0, 0.1) is 6.92 Å². The van der Waals surface area contributed by atoms with Gasteiger partial charge in [-0.25, -0.2) is 0 Å². The van der Waals surface area contributed by atoms with Gasteiger partial charge in [-0.3, -0.25) is 9.78 Å². The molecule has 6 heteroatoms. The predicted octanol–water partition coefficient (Wildman–Crippen LogP) is 2.69. The highest BCUT2D eigenvalue weighted by atomic mass is 79.9. The van der Waals surface area contributed by atoms with Gasteiger partial charge in [0, 0.05) is 16.4 Å². The fraction of sp³-hybridized carbons (Fsp3) is 0.0769. The quantitative estimate of drug-likeness (QED) is 0.742. The first-order valence-corrected chi connectivity index (χ1v) is 6.28. The Labute approximate surface area is 118 Å². The summed E-state index contributed by atoms with van der Waals surface area (Å²) in [6.45, 7) is 1.88. The highest BCUT2D eigenvalue weighted by Gasteiger charge is 2.13. The number of hydrogen-bond donors (Lipinski definition) is 3. The first-order chi connectivity index (χ1) is 8.99. The highest BCUT2D eigenvalue weighted by molar-refractivity contribution is 9.10. The molecule has 0 aliphatic carbocycles. The molecular formula is C13H12BrN3O2. The van der Waals surface area contributed by atoms with E-state index in [2.05, 4.69) is 26.2 Å². The van der Waals surface area contributed by atoms with Crippen LogP contribution in [-0.4, -0.2) is 16.0 Å². The van der Waals surface area contributed by atoms with Crippen LogP contribution >= 0.6 is 15.9 Å². The lowest BCUT2D eigenvalue weighted by molar-refractivity contribution is 0.102. The van der Waals surface area contributed by atoms with Crippen LogP contribution in [0.3, 0.4) is 0 Å². The Morgan fingerprint density at radius 1 is 1.47 bits per heavy atom. The summed E-state index contributed by atoms with van der Waals surface area (Å²) in [7, 11) is 0. The van der Waals surface area contributed by atoms with Crippen LogP contribution in [0.25, 0.3) is 0 Å². The molecule has 0 aliphatic rings. The van der Waals surface area contributed by atoms with Crippen molar-refractivity contribution in [1.82, 2.24) is 4.98 Å². The van der Waals surface area contributed by atoms with Crippen LogP contribution in [0.2, 0.25) is 0 Å². The predicted molar refractivity (Wildman–Crippen MR) is 77.1 cm³/mol. The second-order valence-electron chi connectivity index (χ2n) is 4.04. The number of nitrogens with two attached hydrogens (primary N) is 1. The van der Waals surface area contributed by atoms with Crippen molar-refractivity contribution in [2.75, 3.05) is 11.1 Å². The van der Waals surface area contributed by atoms with Gasteiger partial charge in [0.05, 0.1) is 17.4 Å². The van der Waals surface area contributed by atoms with Crippen molar-refractivity contribution in [3.63, 3.8) is 0 Å². The number of anilines is 2. The summed E-state index contributed by atoms with van der Waals surface area (Å²) in [6, 6.07) is 4.92. The maximum atomic E-state index is 12.0. The van der Waals surface area contributed by atoms with E-state index in [4.69, 9.17) is 5.73 Å². The highest BCUT2D eigenvalue weighted by Crippen LogP contribution is 2.28. The summed E-state index contributed by atoms with van der Waals surface area (Å²) in [5, 5.41) is 12.2. The van der Waals surface area contributed by atoms with Crippen molar-refractivity contribution < 1.29 is 9.90 Å². The lowest BCUT2D eigenvalue weighted by Crippen LogP contribution is -2.13. The molecule has 98 valence electrons. The molecule has 0 radical (unpaired) electrons. The number of amides is 1. The molecule has 0 bridgehead atoms. The maximum absolute atomic E-state index is 12.0. The fourth-order valence-electron chi connectivity index (χ4n) is 1.55. The average molecular weight is 322 g/mol. The standard InChI is InChI=1S/C13H12BrN3O2/c1-7-4-9(14)11(5-10(7)15)17-13(19)8-2-3-16-6-12(8)18/h2-6,18H,15H2,1H3,(H,17,19). The largest absolute Gasteiger partial charge is 0.505 e. The second-order valence-corrected chi connectivity index (χ2v) is 4.89. The number of aromatic nitrogens is 1. The van der Waals surface area contributed by atoms with Gasteiger partial charge in [0.1, 0.15) is 5.75 Å². The van der Waals surface area contributed by atoms with Crippen molar-refractivity contribution in [2.45, 2.75) is 6.92 Å². The average Bonchev–Trinajstić information content (AvgIpc) is 2.36. The molecule has 0 unspecified atom stereocenters. The van der Waals surface area contributed by atoms with Crippen LogP contribution in [0.4, 0.5) is 11.4 Å². The Morgan fingerprint density at radius 3 is 2.89 bits per heavy atom. The summed E-state index contributed by atoms with van der Waals surface area (Å²) in [5.74, 6) is -0.597. The molecule has 4 N–H and O–H groups in total. The summed E-state index contributed by atoms with van der Waals surface area (Å²) in [5.41, 5.74) is 8.00. The van der Waals surface area contributed by atoms with E-state index in [1.807, 2.05) is 13.0 Å². The molecule has 1 heterocycles.